The quantitative estimate of drug-likeness (QED) is 0.406. The van der Waals surface area contributed by atoms with E-state index in [1.807, 2.05) is 61.5 Å². The first kappa shape index (κ1) is 20.9. The molecule has 8 nitrogen and oxygen atoms in total. The molecule has 1 aliphatic heterocycles. The van der Waals surface area contributed by atoms with Gasteiger partial charge in [-0.3, -0.25) is 9.78 Å². The lowest BCUT2D eigenvalue weighted by Gasteiger charge is -2.09. The van der Waals surface area contributed by atoms with E-state index in [0.29, 0.717) is 28.7 Å². The number of aromatic nitrogens is 4. The molecule has 2 aromatic carbocycles. The molecule has 4 heterocycles. The zero-order valence-corrected chi connectivity index (χ0v) is 18.9. The van der Waals surface area contributed by atoms with Crippen molar-refractivity contribution in [3.05, 3.63) is 90.4 Å². The van der Waals surface area contributed by atoms with Crippen LogP contribution in [0.2, 0.25) is 0 Å². The number of nitrogens with one attached hydrogen (secondary N) is 1. The molecule has 0 saturated heterocycles. The van der Waals surface area contributed by atoms with Crippen molar-refractivity contribution in [2.45, 2.75) is 13.3 Å². The molecular formula is C27H21N5O3. The first-order valence-electron chi connectivity index (χ1n) is 11.2. The van der Waals surface area contributed by atoms with Crippen LogP contribution in [0.25, 0.3) is 28.0 Å². The normalized spacial score (nSPS) is 12.1. The zero-order chi connectivity index (χ0) is 23.8. The number of ether oxygens (including phenoxy) is 2. The van der Waals surface area contributed by atoms with E-state index < -0.39 is 0 Å². The molecule has 172 valence electrons. The lowest BCUT2D eigenvalue weighted by atomic mass is 10.1. The van der Waals surface area contributed by atoms with Crippen LogP contribution in [-0.4, -0.2) is 32.4 Å². The van der Waals surface area contributed by atoms with Gasteiger partial charge < -0.3 is 14.8 Å². The molecular weight excluding hydrogens is 442 g/mol. The molecule has 6 rings (SSSR count). The van der Waals surface area contributed by atoms with Gasteiger partial charge in [-0.05, 0) is 49.4 Å². The number of carbonyl (C=O) groups is 1. The SMILES string of the molecule is Cc1cccc(-n2nc(CC(=O)Nc3ccc4c(c3)OCO4)cc2-c2ccnc3ccccc23)n1. The van der Waals surface area contributed by atoms with Gasteiger partial charge in [-0.15, -0.1) is 0 Å². The highest BCUT2D eigenvalue weighted by atomic mass is 16.7. The summed E-state index contributed by atoms with van der Waals surface area (Å²) in [4.78, 5) is 22.0. The molecule has 0 radical (unpaired) electrons. The standard InChI is InChI=1S/C27H21N5O3/c1-17-5-4-8-26(29-17)32-23(21-11-12-28-22-7-3-2-6-20(21)22)13-19(31-32)15-27(33)30-18-9-10-24-25(14-18)35-16-34-24/h2-14H,15-16H2,1H3,(H,30,33). The maximum atomic E-state index is 12.9. The van der Waals surface area contributed by atoms with Crippen molar-refractivity contribution in [3.63, 3.8) is 0 Å². The fourth-order valence-corrected chi connectivity index (χ4v) is 4.19. The number of hydrogen-bond acceptors (Lipinski definition) is 6. The van der Waals surface area contributed by atoms with E-state index in [4.69, 9.17) is 14.6 Å². The number of pyridine rings is 2. The van der Waals surface area contributed by atoms with Gasteiger partial charge in [-0.2, -0.15) is 5.10 Å². The second-order valence-electron chi connectivity index (χ2n) is 8.24. The van der Waals surface area contributed by atoms with Crippen molar-refractivity contribution in [2.24, 2.45) is 0 Å². The summed E-state index contributed by atoms with van der Waals surface area (Å²) in [5.41, 5.74) is 4.84. The van der Waals surface area contributed by atoms with Crippen LogP contribution < -0.4 is 14.8 Å². The number of rotatable bonds is 5. The Morgan fingerprint density at radius 1 is 1.00 bits per heavy atom. The van der Waals surface area contributed by atoms with Gasteiger partial charge in [0.25, 0.3) is 0 Å². The lowest BCUT2D eigenvalue weighted by Crippen LogP contribution is -2.15. The van der Waals surface area contributed by atoms with Gasteiger partial charge in [0.05, 0.1) is 23.3 Å². The molecule has 0 unspecified atom stereocenters. The number of benzene rings is 2. The molecule has 5 aromatic rings. The highest BCUT2D eigenvalue weighted by Crippen LogP contribution is 2.34. The number of aryl methyl sites for hydroxylation is 1. The Morgan fingerprint density at radius 3 is 2.80 bits per heavy atom. The first-order valence-corrected chi connectivity index (χ1v) is 11.2. The van der Waals surface area contributed by atoms with Crippen LogP contribution in [0, 0.1) is 6.92 Å². The minimum absolute atomic E-state index is 0.100. The number of nitrogens with zero attached hydrogens (tertiary/aromatic N) is 4. The van der Waals surface area contributed by atoms with Crippen molar-refractivity contribution in [3.8, 4) is 28.6 Å². The number of carbonyl (C=O) groups excluding carboxylic acids is 1. The fourth-order valence-electron chi connectivity index (χ4n) is 4.19. The Balaban J connectivity index is 1.36. The van der Waals surface area contributed by atoms with Crippen LogP contribution in [0.3, 0.4) is 0 Å². The highest BCUT2D eigenvalue weighted by Gasteiger charge is 2.18. The molecule has 0 fully saturated rings. The number of anilines is 1. The number of para-hydroxylation sites is 1. The summed E-state index contributed by atoms with van der Waals surface area (Å²) in [6.45, 7) is 2.12. The van der Waals surface area contributed by atoms with Gasteiger partial charge >= 0.3 is 0 Å². The minimum atomic E-state index is -0.183. The molecule has 0 spiro atoms. The Morgan fingerprint density at radius 2 is 1.89 bits per heavy atom. The third-order valence-electron chi connectivity index (χ3n) is 5.77. The van der Waals surface area contributed by atoms with Crippen molar-refractivity contribution in [2.75, 3.05) is 12.1 Å². The van der Waals surface area contributed by atoms with Crippen LogP contribution in [0.15, 0.2) is 79.0 Å². The molecule has 3 aromatic heterocycles. The van der Waals surface area contributed by atoms with Gasteiger partial charge in [-0.1, -0.05) is 24.3 Å². The molecule has 1 amide bonds. The summed E-state index contributed by atoms with van der Waals surface area (Å²) >= 11 is 0. The molecule has 0 atom stereocenters. The van der Waals surface area contributed by atoms with E-state index in [2.05, 4.69) is 15.3 Å². The maximum absolute atomic E-state index is 12.9. The Bertz CT molecular complexity index is 1570. The zero-order valence-electron chi connectivity index (χ0n) is 18.9. The van der Waals surface area contributed by atoms with Gasteiger partial charge in [0, 0.05) is 34.6 Å². The van der Waals surface area contributed by atoms with E-state index in [1.54, 1.807) is 29.1 Å². The van der Waals surface area contributed by atoms with Gasteiger partial charge in [0.15, 0.2) is 17.3 Å². The maximum Gasteiger partial charge on any atom is 0.231 e. The molecule has 0 aliphatic carbocycles. The minimum Gasteiger partial charge on any atom is -0.454 e. The predicted octanol–water partition coefficient (Wildman–Crippen LogP) is 4.70. The summed E-state index contributed by atoms with van der Waals surface area (Å²) in [5, 5.41) is 8.69. The fraction of sp³-hybridized carbons (Fsp3) is 0.111. The first-order chi connectivity index (χ1) is 17.1. The molecule has 8 heteroatoms. The molecule has 0 bridgehead atoms. The van der Waals surface area contributed by atoms with E-state index in [-0.39, 0.29) is 19.1 Å². The van der Waals surface area contributed by atoms with E-state index in [1.165, 1.54) is 0 Å². The molecule has 35 heavy (non-hydrogen) atoms. The number of fused-ring (bicyclic) bond motifs is 2. The van der Waals surface area contributed by atoms with Crippen LogP contribution in [-0.2, 0) is 11.2 Å². The molecule has 1 aliphatic rings. The predicted molar refractivity (Wildman–Crippen MR) is 132 cm³/mol. The summed E-state index contributed by atoms with van der Waals surface area (Å²) in [5.74, 6) is 1.78. The summed E-state index contributed by atoms with van der Waals surface area (Å²) in [6, 6.07) is 23.0. The third-order valence-corrected chi connectivity index (χ3v) is 5.77. The van der Waals surface area contributed by atoms with Crippen LogP contribution in [0.1, 0.15) is 11.4 Å². The van der Waals surface area contributed by atoms with E-state index in [0.717, 1.165) is 27.9 Å². The Hall–Kier alpha value is -4.72. The Kier molecular flexibility index (Phi) is 5.11. The van der Waals surface area contributed by atoms with E-state index >= 15 is 0 Å². The average molecular weight is 463 g/mol. The summed E-state index contributed by atoms with van der Waals surface area (Å²) < 4.78 is 12.5. The molecule has 1 N–H and O–H groups in total. The van der Waals surface area contributed by atoms with Crippen molar-refractivity contribution < 1.29 is 14.3 Å². The van der Waals surface area contributed by atoms with Crippen LogP contribution in [0.4, 0.5) is 5.69 Å². The van der Waals surface area contributed by atoms with Crippen molar-refractivity contribution in [1.82, 2.24) is 19.7 Å². The molecule has 0 saturated carbocycles. The van der Waals surface area contributed by atoms with Crippen LogP contribution in [0.5, 0.6) is 11.5 Å². The van der Waals surface area contributed by atoms with Gasteiger partial charge in [0.1, 0.15) is 0 Å². The lowest BCUT2D eigenvalue weighted by molar-refractivity contribution is -0.115. The largest absolute Gasteiger partial charge is 0.454 e. The van der Waals surface area contributed by atoms with Gasteiger partial charge in [0.2, 0.25) is 12.7 Å². The van der Waals surface area contributed by atoms with E-state index in [9.17, 15) is 4.79 Å². The average Bonchev–Trinajstić information content (AvgIpc) is 3.50. The topological polar surface area (TPSA) is 91.2 Å². The van der Waals surface area contributed by atoms with Gasteiger partial charge in [-0.25, -0.2) is 9.67 Å². The monoisotopic (exact) mass is 463 g/mol. The Labute approximate surface area is 201 Å². The number of hydrogen-bond donors (Lipinski definition) is 1. The van der Waals surface area contributed by atoms with Crippen molar-refractivity contribution in [1.29, 1.82) is 0 Å². The highest BCUT2D eigenvalue weighted by molar-refractivity contribution is 5.95. The second kappa shape index (κ2) is 8.57. The van der Waals surface area contributed by atoms with Crippen LogP contribution >= 0.6 is 0 Å². The third kappa shape index (κ3) is 4.06. The summed E-state index contributed by atoms with van der Waals surface area (Å²) in [6.07, 6.45) is 1.88. The second-order valence-corrected chi connectivity index (χ2v) is 8.24. The smallest absolute Gasteiger partial charge is 0.231 e. The van der Waals surface area contributed by atoms with Crippen molar-refractivity contribution >= 4 is 22.5 Å². The summed E-state index contributed by atoms with van der Waals surface area (Å²) in [7, 11) is 0. The number of amides is 1.